The first-order valence-electron chi connectivity index (χ1n) is 7.27. The average molecular weight is 286 g/mol. The summed E-state index contributed by atoms with van der Waals surface area (Å²) in [6.07, 6.45) is 4.44. The molecule has 0 aromatic carbocycles. The van der Waals surface area contributed by atoms with Gasteiger partial charge in [-0.2, -0.15) is 10.2 Å². The standard InChI is InChI=1S/C16H22N4O/c1-5-15-14(7-11(3)19-20-15)16(17-4)12-8-13(21-6-2)10-18-9-12/h7-10,16-17H,5-6H2,1-4H3. The molecule has 5 heteroatoms. The van der Waals surface area contributed by atoms with Crippen LogP contribution in [-0.2, 0) is 6.42 Å². The second-order valence-corrected chi connectivity index (χ2v) is 4.85. The van der Waals surface area contributed by atoms with E-state index in [1.165, 1.54) is 0 Å². The molecule has 0 saturated carbocycles. The molecular weight excluding hydrogens is 264 g/mol. The second kappa shape index (κ2) is 7.13. The predicted octanol–water partition coefficient (Wildman–Crippen LogP) is 2.45. The molecule has 5 nitrogen and oxygen atoms in total. The molecule has 2 heterocycles. The third kappa shape index (κ3) is 3.55. The van der Waals surface area contributed by atoms with Crippen LogP contribution in [0.1, 0.15) is 42.4 Å². The molecule has 0 aliphatic heterocycles. The zero-order valence-corrected chi connectivity index (χ0v) is 13.1. The van der Waals surface area contributed by atoms with E-state index < -0.39 is 0 Å². The molecule has 1 atom stereocenters. The molecule has 0 fully saturated rings. The van der Waals surface area contributed by atoms with Gasteiger partial charge in [0.1, 0.15) is 5.75 Å². The molecule has 0 spiro atoms. The van der Waals surface area contributed by atoms with E-state index >= 15 is 0 Å². The minimum Gasteiger partial charge on any atom is -0.492 e. The molecule has 2 rings (SSSR count). The Bertz CT molecular complexity index is 601. The minimum atomic E-state index is 0.0297. The summed E-state index contributed by atoms with van der Waals surface area (Å²) in [5, 5.41) is 11.8. The van der Waals surface area contributed by atoms with Gasteiger partial charge in [-0.15, -0.1) is 0 Å². The number of hydrogen-bond acceptors (Lipinski definition) is 5. The van der Waals surface area contributed by atoms with Crippen molar-refractivity contribution in [2.24, 2.45) is 0 Å². The van der Waals surface area contributed by atoms with E-state index in [4.69, 9.17) is 4.74 Å². The number of pyridine rings is 1. The number of aromatic nitrogens is 3. The van der Waals surface area contributed by atoms with Gasteiger partial charge in [-0.05, 0) is 50.6 Å². The summed E-state index contributed by atoms with van der Waals surface area (Å²) >= 11 is 0. The lowest BCUT2D eigenvalue weighted by Gasteiger charge is -2.20. The number of rotatable bonds is 6. The van der Waals surface area contributed by atoms with Gasteiger partial charge in [0, 0.05) is 6.20 Å². The van der Waals surface area contributed by atoms with Gasteiger partial charge in [-0.3, -0.25) is 4.98 Å². The summed E-state index contributed by atoms with van der Waals surface area (Å²) in [5.74, 6) is 0.784. The van der Waals surface area contributed by atoms with Crippen LogP contribution in [0.3, 0.4) is 0 Å². The van der Waals surface area contributed by atoms with Gasteiger partial charge in [0.05, 0.1) is 30.2 Å². The van der Waals surface area contributed by atoms with Crippen molar-refractivity contribution in [1.29, 1.82) is 0 Å². The van der Waals surface area contributed by atoms with Crippen molar-refractivity contribution < 1.29 is 4.74 Å². The summed E-state index contributed by atoms with van der Waals surface area (Å²) < 4.78 is 5.54. The molecule has 1 unspecified atom stereocenters. The Morgan fingerprint density at radius 1 is 1.19 bits per heavy atom. The van der Waals surface area contributed by atoms with Crippen LogP contribution in [0.5, 0.6) is 5.75 Å². The van der Waals surface area contributed by atoms with E-state index in [0.717, 1.165) is 34.7 Å². The summed E-state index contributed by atoms with van der Waals surface area (Å²) in [7, 11) is 1.94. The molecule has 112 valence electrons. The van der Waals surface area contributed by atoms with Gasteiger partial charge in [0.15, 0.2) is 0 Å². The summed E-state index contributed by atoms with van der Waals surface area (Å²) in [6.45, 7) is 6.64. The van der Waals surface area contributed by atoms with Crippen LogP contribution in [0.15, 0.2) is 24.5 Å². The lowest BCUT2D eigenvalue weighted by atomic mass is 9.97. The van der Waals surface area contributed by atoms with Gasteiger partial charge >= 0.3 is 0 Å². The van der Waals surface area contributed by atoms with Crippen LogP contribution in [0.25, 0.3) is 0 Å². The van der Waals surface area contributed by atoms with Crippen molar-refractivity contribution in [3.05, 3.63) is 47.0 Å². The van der Waals surface area contributed by atoms with Crippen LogP contribution in [-0.4, -0.2) is 28.8 Å². The lowest BCUT2D eigenvalue weighted by Crippen LogP contribution is -2.20. The van der Waals surface area contributed by atoms with Crippen LogP contribution in [0.2, 0.25) is 0 Å². The molecule has 2 aromatic heterocycles. The maximum Gasteiger partial charge on any atom is 0.137 e. The Hall–Kier alpha value is -2.01. The van der Waals surface area contributed by atoms with E-state index in [9.17, 15) is 0 Å². The smallest absolute Gasteiger partial charge is 0.137 e. The molecule has 0 aliphatic rings. The van der Waals surface area contributed by atoms with Gasteiger partial charge in [0.25, 0.3) is 0 Å². The monoisotopic (exact) mass is 286 g/mol. The highest BCUT2D eigenvalue weighted by atomic mass is 16.5. The van der Waals surface area contributed by atoms with Gasteiger partial charge in [-0.25, -0.2) is 0 Å². The summed E-state index contributed by atoms with van der Waals surface area (Å²) in [6, 6.07) is 4.13. The molecular formula is C16H22N4O. The number of nitrogens with one attached hydrogen (secondary N) is 1. The third-order valence-electron chi connectivity index (χ3n) is 3.34. The molecule has 2 aromatic rings. The third-order valence-corrected chi connectivity index (χ3v) is 3.34. The van der Waals surface area contributed by atoms with Crippen LogP contribution in [0, 0.1) is 6.92 Å². The Balaban J connectivity index is 2.44. The summed E-state index contributed by atoms with van der Waals surface area (Å²) in [5.41, 5.74) is 4.12. The number of hydrogen-bond donors (Lipinski definition) is 1. The van der Waals surface area contributed by atoms with Crippen molar-refractivity contribution in [1.82, 2.24) is 20.5 Å². The van der Waals surface area contributed by atoms with Crippen molar-refractivity contribution in [3.63, 3.8) is 0 Å². The quantitative estimate of drug-likeness (QED) is 0.884. The fraction of sp³-hybridized carbons (Fsp3) is 0.438. The highest BCUT2D eigenvalue weighted by Gasteiger charge is 2.18. The lowest BCUT2D eigenvalue weighted by molar-refractivity contribution is 0.338. The highest BCUT2D eigenvalue weighted by molar-refractivity contribution is 5.36. The number of aryl methyl sites for hydroxylation is 2. The Morgan fingerprint density at radius 2 is 2.00 bits per heavy atom. The van der Waals surface area contributed by atoms with E-state index in [0.29, 0.717) is 6.61 Å². The Labute approximate surface area is 125 Å². The second-order valence-electron chi connectivity index (χ2n) is 4.85. The largest absolute Gasteiger partial charge is 0.492 e. The Kier molecular flexibility index (Phi) is 5.22. The maximum absolute atomic E-state index is 5.54. The average Bonchev–Trinajstić information content (AvgIpc) is 2.49. The van der Waals surface area contributed by atoms with Crippen molar-refractivity contribution in [2.75, 3.05) is 13.7 Å². The van der Waals surface area contributed by atoms with Crippen LogP contribution in [0.4, 0.5) is 0 Å². The topological polar surface area (TPSA) is 59.9 Å². The number of ether oxygens (including phenoxy) is 1. The maximum atomic E-state index is 5.54. The highest BCUT2D eigenvalue weighted by Crippen LogP contribution is 2.26. The molecule has 21 heavy (non-hydrogen) atoms. The molecule has 0 saturated heterocycles. The van der Waals surface area contributed by atoms with E-state index in [-0.39, 0.29) is 6.04 Å². The zero-order valence-electron chi connectivity index (χ0n) is 13.1. The zero-order chi connectivity index (χ0) is 15.2. The molecule has 1 N–H and O–H groups in total. The molecule has 0 radical (unpaired) electrons. The molecule has 0 aliphatic carbocycles. The normalized spacial score (nSPS) is 12.2. The van der Waals surface area contributed by atoms with Crippen molar-refractivity contribution in [2.45, 2.75) is 33.2 Å². The first-order valence-corrected chi connectivity index (χ1v) is 7.27. The number of nitrogens with zero attached hydrogens (tertiary/aromatic N) is 3. The van der Waals surface area contributed by atoms with Gasteiger partial charge in [0.2, 0.25) is 0 Å². The Morgan fingerprint density at radius 3 is 2.67 bits per heavy atom. The minimum absolute atomic E-state index is 0.0297. The van der Waals surface area contributed by atoms with Gasteiger partial charge < -0.3 is 10.1 Å². The van der Waals surface area contributed by atoms with E-state index in [1.54, 1.807) is 6.20 Å². The predicted molar refractivity (Wildman–Crippen MR) is 82.5 cm³/mol. The van der Waals surface area contributed by atoms with Gasteiger partial charge in [-0.1, -0.05) is 6.92 Å². The first-order chi connectivity index (χ1) is 10.2. The van der Waals surface area contributed by atoms with Crippen LogP contribution < -0.4 is 10.1 Å². The fourth-order valence-corrected chi connectivity index (χ4v) is 2.40. The SMILES string of the molecule is CCOc1cncc(C(NC)c2cc(C)nnc2CC)c1. The molecule has 0 amide bonds. The first kappa shape index (κ1) is 15.4. The molecule has 0 bridgehead atoms. The van der Waals surface area contributed by atoms with Crippen molar-refractivity contribution in [3.8, 4) is 5.75 Å². The van der Waals surface area contributed by atoms with E-state index in [1.807, 2.05) is 33.2 Å². The van der Waals surface area contributed by atoms with Crippen molar-refractivity contribution >= 4 is 0 Å². The fourth-order valence-electron chi connectivity index (χ4n) is 2.40. The van der Waals surface area contributed by atoms with Crippen LogP contribution >= 0.6 is 0 Å². The summed E-state index contributed by atoms with van der Waals surface area (Å²) in [4.78, 5) is 4.27. The van der Waals surface area contributed by atoms with E-state index in [2.05, 4.69) is 33.5 Å².